The van der Waals surface area contributed by atoms with Crippen LogP contribution in [0.1, 0.15) is 38.7 Å². The van der Waals surface area contributed by atoms with E-state index in [1.807, 2.05) is 0 Å². The van der Waals surface area contributed by atoms with Crippen LogP contribution in [-0.2, 0) is 14.9 Å². The molecule has 0 aliphatic rings. The second kappa shape index (κ2) is 5.45. The minimum absolute atomic E-state index is 0.0895. The molecular weight excluding hydrogens is 279 g/mol. The second-order valence-electron chi connectivity index (χ2n) is 3.68. The predicted octanol–water partition coefficient (Wildman–Crippen LogP) is 1.53. The third-order valence-electron chi connectivity index (χ3n) is 2.37. The summed E-state index contributed by atoms with van der Waals surface area (Å²) in [7, 11) is -3.99. The topological polar surface area (TPSA) is 97.7 Å². The Morgan fingerprint density at radius 3 is 2.37 bits per heavy atom. The van der Waals surface area contributed by atoms with E-state index in [1.165, 1.54) is 6.92 Å². The number of carbonyl (C=O) groups is 2. The lowest BCUT2D eigenvalue weighted by Gasteiger charge is -2.11. The molecule has 1 rings (SSSR count). The summed E-state index contributed by atoms with van der Waals surface area (Å²) in [5, 5.41) is 0. The van der Waals surface area contributed by atoms with Gasteiger partial charge in [0.15, 0.2) is 5.78 Å². The summed E-state index contributed by atoms with van der Waals surface area (Å²) in [6.07, 6.45) is 0. The predicted molar refractivity (Wildman–Crippen MR) is 63.2 cm³/mol. The van der Waals surface area contributed by atoms with Crippen molar-refractivity contribution in [2.75, 3.05) is 7.11 Å². The van der Waals surface area contributed by atoms with Crippen LogP contribution >= 0.6 is 0 Å². The minimum Gasteiger partial charge on any atom is -0.465 e. The zero-order valence-electron chi connectivity index (χ0n) is 10.1. The molecule has 1 unspecified atom stereocenters. The first-order valence-corrected chi connectivity index (χ1v) is 6.52. The number of rotatable bonds is 4. The van der Waals surface area contributed by atoms with Gasteiger partial charge in [0.25, 0.3) is 5.50 Å². The lowest BCUT2D eigenvalue weighted by molar-refractivity contribution is 0.0598. The van der Waals surface area contributed by atoms with Crippen LogP contribution in [0.3, 0.4) is 0 Å². The Hall–Kier alpha value is -1.80. The van der Waals surface area contributed by atoms with Crippen molar-refractivity contribution >= 4 is 21.9 Å². The van der Waals surface area contributed by atoms with E-state index in [0.29, 0.717) is 0 Å². The summed E-state index contributed by atoms with van der Waals surface area (Å²) >= 11 is 0. The molecule has 8 heteroatoms. The van der Waals surface area contributed by atoms with Gasteiger partial charge in [-0.2, -0.15) is 8.42 Å². The summed E-state index contributed by atoms with van der Waals surface area (Å²) in [5.41, 5.74) is -3.71. The van der Waals surface area contributed by atoms with E-state index in [1.54, 1.807) is 0 Å². The number of methoxy groups -OCH3 is 1. The molecule has 0 amide bonds. The summed E-state index contributed by atoms with van der Waals surface area (Å²) in [5.74, 6) is -1.40. The molecule has 0 aliphatic carbocycles. The highest BCUT2D eigenvalue weighted by molar-refractivity contribution is 7.85. The molecule has 0 aromatic heterocycles. The first kappa shape index (κ1) is 15.3. The van der Waals surface area contributed by atoms with Gasteiger partial charge in [-0.3, -0.25) is 9.35 Å². The van der Waals surface area contributed by atoms with Crippen LogP contribution in [0, 0.1) is 0 Å². The van der Waals surface area contributed by atoms with Gasteiger partial charge in [0.05, 0.1) is 12.7 Å². The van der Waals surface area contributed by atoms with Crippen LogP contribution < -0.4 is 0 Å². The lowest BCUT2D eigenvalue weighted by Crippen LogP contribution is -2.14. The lowest BCUT2D eigenvalue weighted by atomic mass is 10.0. The third kappa shape index (κ3) is 3.36. The van der Waals surface area contributed by atoms with Crippen molar-refractivity contribution in [3.63, 3.8) is 0 Å². The Balaban J connectivity index is 3.48. The van der Waals surface area contributed by atoms with Crippen molar-refractivity contribution in [2.24, 2.45) is 0 Å². The molecule has 1 aromatic rings. The molecule has 0 radical (unpaired) electrons. The van der Waals surface area contributed by atoms with Gasteiger partial charge in [-0.05, 0) is 13.0 Å². The normalized spacial score (nSPS) is 12.8. The fraction of sp³-hybridized carbons (Fsp3) is 0.273. The van der Waals surface area contributed by atoms with Crippen LogP contribution in [-0.4, -0.2) is 31.8 Å². The minimum atomic E-state index is -5.01. The maximum atomic E-state index is 13.6. The first-order valence-electron chi connectivity index (χ1n) is 5.02. The highest BCUT2D eigenvalue weighted by atomic mass is 32.2. The Labute approximate surface area is 108 Å². The Kier molecular flexibility index (Phi) is 4.38. The van der Waals surface area contributed by atoms with Crippen molar-refractivity contribution in [3.05, 3.63) is 34.9 Å². The van der Waals surface area contributed by atoms with Crippen molar-refractivity contribution in [2.45, 2.75) is 12.4 Å². The van der Waals surface area contributed by atoms with Gasteiger partial charge in [0.1, 0.15) is 0 Å². The Bertz CT molecular complexity index is 622. The molecule has 1 N–H and O–H groups in total. The third-order valence-corrected chi connectivity index (χ3v) is 3.15. The molecule has 0 aliphatic heterocycles. The van der Waals surface area contributed by atoms with Crippen LogP contribution in [0.15, 0.2) is 18.2 Å². The molecule has 1 aromatic carbocycles. The van der Waals surface area contributed by atoms with Gasteiger partial charge in [-0.15, -0.1) is 0 Å². The highest BCUT2D eigenvalue weighted by Crippen LogP contribution is 2.27. The molecule has 104 valence electrons. The number of Topliss-reactive ketones (excluding diaryl/α,β-unsaturated/α-hetero) is 1. The number of benzene rings is 1. The fourth-order valence-electron chi connectivity index (χ4n) is 1.42. The maximum Gasteiger partial charge on any atom is 0.338 e. The molecule has 1 atom stereocenters. The van der Waals surface area contributed by atoms with Gasteiger partial charge in [0.2, 0.25) is 0 Å². The number of halogens is 1. The second-order valence-corrected chi connectivity index (χ2v) is 5.12. The van der Waals surface area contributed by atoms with Crippen molar-refractivity contribution in [1.82, 2.24) is 0 Å². The SMILES string of the molecule is COC(=O)c1cc(C(C)=O)ccc1C(F)S(=O)(=O)O. The number of hydrogen-bond donors (Lipinski definition) is 1. The van der Waals surface area contributed by atoms with E-state index in [-0.39, 0.29) is 11.3 Å². The van der Waals surface area contributed by atoms with Crippen LogP contribution in [0.25, 0.3) is 0 Å². The van der Waals surface area contributed by atoms with E-state index in [9.17, 15) is 22.4 Å². The standard InChI is InChI=1S/C11H11FO6S/c1-6(13)7-3-4-8(10(12)19(15,16)17)9(5-7)11(14)18-2/h3-5,10H,1-2H3,(H,15,16,17). The van der Waals surface area contributed by atoms with Gasteiger partial charge in [0, 0.05) is 11.1 Å². The quantitative estimate of drug-likeness (QED) is 0.513. The highest BCUT2D eigenvalue weighted by Gasteiger charge is 2.29. The number of hydrogen-bond acceptors (Lipinski definition) is 5. The van der Waals surface area contributed by atoms with Gasteiger partial charge in [-0.25, -0.2) is 9.18 Å². The molecular formula is C11H11FO6S. The van der Waals surface area contributed by atoms with E-state index in [4.69, 9.17) is 4.55 Å². The molecule has 19 heavy (non-hydrogen) atoms. The average Bonchev–Trinajstić information content (AvgIpc) is 2.35. The van der Waals surface area contributed by atoms with E-state index < -0.39 is 32.7 Å². The van der Waals surface area contributed by atoms with E-state index in [2.05, 4.69) is 4.74 Å². The summed E-state index contributed by atoms with van der Waals surface area (Å²) < 4.78 is 48.2. The van der Waals surface area contributed by atoms with Gasteiger partial charge in [-0.1, -0.05) is 12.1 Å². The zero-order chi connectivity index (χ0) is 14.8. The van der Waals surface area contributed by atoms with Crippen molar-refractivity contribution in [1.29, 1.82) is 0 Å². The number of ketones is 1. The fourth-order valence-corrected chi connectivity index (χ4v) is 1.95. The Morgan fingerprint density at radius 2 is 1.95 bits per heavy atom. The van der Waals surface area contributed by atoms with Gasteiger partial charge < -0.3 is 4.74 Å². The van der Waals surface area contributed by atoms with Gasteiger partial charge >= 0.3 is 16.1 Å². The molecule has 0 saturated carbocycles. The molecule has 0 heterocycles. The number of esters is 1. The largest absolute Gasteiger partial charge is 0.465 e. The summed E-state index contributed by atoms with van der Waals surface area (Å²) in [6, 6.07) is 3.12. The molecule has 6 nitrogen and oxygen atoms in total. The zero-order valence-corrected chi connectivity index (χ0v) is 10.9. The van der Waals surface area contributed by atoms with Crippen LogP contribution in [0.4, 0.5) is 4.39 Å². The van der Waals surface area contributed by atoms with E-state index in [0.717, 1.165) is 25.3 Å². The summed E-state index contributed by atoms with van der Waals surface area (Å²) in [4.78, 5) is 22.6. The average molecular weight is 290 g/mol. The smallest absolute Gasteiger partial charge is 0.338 e. The van der Waals surface area contributed by atoms with Crippen LogP contribution in [0.5, 0.6) is 0 Å². The monoisotopic (exact) mass is 290 g/mol. The maximum absolute atomic E-state index is 13.6. The molecule has 0 spiro atoms. The number of alkyl halides is 1. The number of carbonyl (C=O) groups excluding carboxylic acids is 2. The van der Waals surface area contributed by atoms with E-state index >= 15 is 0 Å². The molecule has 0 bridgehead atoms. The van der Waals surface area contributed by atoms with Crippen molar-refractivity contribution in [3.8, 4) is 0 Å². The molecule has 0 saturated heterocycles. The summed E-state index contributed by atoms with van der Waals surface area (Å²) in [6.45, 7) is 1.23. The Morgan fingerprint density at radius 1 is 1.37 bits per heavy atom. The molecule has 0 fully saturated rings. The number of ether oxygens (including phenoxy) is 1. The van der Waals surface area contributed by atoms with Crippen molar-refractivity contribution < 1.29 is 31.7 Å². The first-order chi connectivity index (χ1) is 8.68. The van der Waals surface area contributed by atoms with Crippen LogP contribution in [0.2, 0.25) is 0 Å².